The third kappa shape index (κ3) is 4.43. The third-order valence-corrected chi connectivity index (χ3v) is 4.45. The number of imide groups is 1. The van der Waals surface area contributed by atoms with Crippen LogP contribution in [0.3, 0.4) is 0 Å². The molecule has 0 atom stereocenters. The van der Waals surface area contributed by atoms with Crippen molar-refractivity contribution < 1.29 is 33.9 Å². The summed E-state index contributed by atoms with van der Waals surface area (Å²) in [5.41, 5.74) is -0.357. The number of nitro groups is 1. The highest BCUT2D eigenvalue weighted by Crippen LogP contribution is 2.37. The van der Waals surface area contributed by atoms with Crippen molar-refractivity contribution in [2.45, 2.75) is 0 Å². The molecule has 2 aromatic carbocycles. The molecule has 1 saturated heterocycles. The summed E-state index contributed by atoms with van der Waals surface area (Å²) in [6.45, 7) is -0.570. The number of rotatable bonds is 7. The zero-order valence-corrected chi connectivity index (χ0v) is 16.9. The van der Waals surface area contributed by atoms with Gasteiger partial charge in [0.15, 0.2) is 5.75 Å². The first-order chi connectivity index (χ1) is 15.2. The van der Waals surface area contributed by atoms with Gasteiger partial charge in [0.05, 0.1) is 24.8 Å². The maximum atomic E-state index is 12.6. The molecule has 12 nitrogen and oxygen atoms in total. The molecule has 1 fully saturated rings. The van der Waals surface area contributed by atoms with Gasteiger partial charge in [-0.05, 0) is 29.8 Å². The molecule has 1 heterocycles. The zero-order chi connectivity index (χ0) is 23.4. The topological polar surface area (TPSA) is 160 Å². The molecule has 32 heavy (non-hydrogen) atoms. The normalized spacial score (nSPS) is 14.3. The van der Waals surface area contributed by atoms with Crippen LogP contribution in [0, 0.1) is 10.1 Å². The number of carbonyl (C=O) groups excluding carboxylic acids is 3. The predicted molar refractivity (Wildman–Crippen MR) is 111 cm³/mol. The molecule has 0 saturated carbocycles. The van der Waals surface area contributed by atoms with Gasteiger partial charge in [-0.25, -0.2) is 9.69 Å². The standard InChI is InChI=1S/C20H18N4O8/c1-31-15-6-4-3-5-12(15)21-17(25)10-23-19(27)13(22-20(23)28)7-11-8-14(24(29)30)18(26)16(9-11)32-2/h3-9,26H,10H2,1-2H3,(H,21,25)(H,22,28)/b13-7+. The maximum absolute atomic E-state index is 12.6. The number of urea groups is 1. The van der Waals surface area contributed by atoms with Gasteiger partial charge in [-0.15, -0.1) is 0 Å². The van der Waals surface area contributed by atoms with Crippen molar-refractivity contribution in [3.63, 3.8) is 0 Å². The molecule has 0 spiro atoms. The van der Waals surface area contributed by atoms with Gasteiger partial charge < -0.3 is 25.2 Å². The fraction of sp³-hybridized carbons (Fsp3) is 0.150. The molecule has 4 amide bonds. The van der Waals surface area contributed by atoms with Gasteiger partial charge in [-0.1, -0.05) is 12.1 Å². The van der Waals surface area contributed by atoms with Gasteiger partial charge in [-0.2, -0.15) is 0 Å². The second kappa shape index (κ2) is 9.04. The number of ether oxygens (including phenoxy) is 2. The molecule has 12 heteroatoms. The zero-order valence-electron chi connectivity index (χ0n) is 16.9. The molecular weight excluding hydrogens is 424 g/mol. The number of methoxy groups -OCH3 is 2. The number of nitrogens with zero attached hydrogens (tertiary/aromatic N) is 2. The number of hydrogen-bond acceptors (Lipinski definition) is 8. The van der Waals surface area contributed by atoms with Crippen LogP contribution < -0.4 is 20.1 Å². The van der Waals surface area contributed by atoms with Gasteiger partial charge in [0.1, 0.15) is 18.0 Å². The van der Waals surface area contributed by atoms with E-state index in [2.05, 4.69) is 10.6 Å². The summed E-state index contributed by atoms with van der Waals surface area (Å²) in [6.07, 6.45) is 1.17. The number of carbonyl (C=O) groups is 3. The smallest absolute Gasteiger partial charge is 0.329 e. The number of phenols is 1. The van der Waals surface area contributed by atoms with Gasteiger partial charge in [0.2, 0.25) is 11.7 Å². The Bertz CT molecular complexity index is 1140. The van der Waals surface area contributed by atoms with Crippen molar-refractivity contribution in [2.24, 2.45) is 0 Å². The molecule has 0 aliphatic carbocycles. The maximum Gasteiger partial charge on any atom is 0.329 e. The van der Waals surface area contributed by atoms with Crippen LogP contribution in [0.4, 0.5) is 16.2 Å². The number of para-hydroxylation sites is 2. The fourth-order valence-corrected chi connectivity index (χ4v) is 2.96. The van der Waals surface area contributed by atoms with E-state index in [0.717, 1.165) is 6.07 Å². The molecular formula is C20H18N4O8. The van der Waals surface area contributed by atoms with Crippen molar-refractivity contribution in [3.8, 4) is 17.2 Å². The minimum atomic E-state index is -0.836. The van der Waals surface area contributed by atoms with E-state index in [4.69, 9.17) is 9.47 Å². The van der Waals surface area contributed by atoms with Crippen LogP contribution in [0.25, 0.3) is 6.08 Å². The van der Waals surface area contributed by atoms with E-state index >= 15 is 0 Å². The molecule has 1 aliphatic heterocycles. The van der Waals surface area contributed by atoms with Gasteiger partial charge in [0.25, 0.3) is 5.91 Å². The Morgan fingerprint density at radius 3 is 2.56 bits per heavy atom. The summed E-state index contributed by atoms with van der Waals surface area (Å²) >= 11 is 0. The highest BCUT2D eigenvalue weighted by Gasteiger charge is 2.35. The molecule has 2 aromatic rings. The average molecular weight is 442 g/mol. The summed E-state index contributed by atoms with van der Waals surface area (Å²) < 4.78 is 10.0. The van der Waals surface area contributed by atoms with Crippen molar-refractivity contribution in [3.05, 3.63) is 57.8 Å². The molecule has 0 bridgehead atoms. The number of phenolic OH excluding ortho intramolecular Hbond substituents is 1. The Labute approximate surface area is 181 Å². The van der Waals surface area contributed by atoms with Crippen LogP contribution in [0.1, 0.15) is 5.56 Å². The first kappa shape index (κ1) is 22.1. The van der Waals surface area contributed by atoms with E-state index < -0.39 is 40.8 Å². The number of hydrogen-bond donors (Lipinski definition) is 3. The summed E-state index contributed by atoms with van der Waals surface area (Å²) in [5, 5.41) is 25.9. The molecule has 0 unspecified atom stereocenters. The molecule has 0 radical (unpaired) electrons. The Kier molecular flexibility index (Phi) is 6.24. The lowest BCUT2D eigenvalue weighted by Gasteiger charge is -2.13. The van der Waals surface area contributed by atoms with Crippen LogP contribution >= 0.6 is 0 Å². The number of aromatic hydroxyl groups is 1. The largest absolute Gasteiger partial charge is 0.500 e. The number of nitrogens with one attached hydrogen (secondary N) is 2. The monoisotopic (exact) mass is 442 g/mol. The second-order valence-corrected chi connectivity index (χ2v) is 6.48. The SMILES string of the molecule is COc1ccccc1NC(=O)CN1C(=O)N/C(=C/c2cc(OC)c(O)c([N+](=O)[O-])c2)C1=O. The van der Waals surface area contributed by atoms with E-state index in [-0.39, 0.29) is 17.0 Å². The number of nitro benzene ring substituents is 1. The molecule has 0 aromatic heterocycles. The Morgan fingerprint density at radius 2 is 1.91 bits per heavy atom. The van der Waals surface area contributed by atoms with Crippen LogP contribution in [-0.4, -0.2) is 53.5 Å². The highest BCUT2D eigenvalue weighted by atomic mass is 16.6. The van der Waals surface area contributed by atoms with E-state index in [9.17, 15) is 29.6 Å². The van der Waals surface area contributed by atoms with Crippen LogP contribution in [0.5, 0.6) is 17.2 Å². The van der Waals surface area contributed by atoms with Gasteiger partial charge in [-0.3, -0.25) is 19.7 Å². The lowest BCUT2D eigenvalue weighted by atomic mass is 10.1. The van der Waals surface area contributed by atoms with E-state index in [0.29, 0.717) is 16.3 Å². The van der Waals surface area contributed by atoms with Crippen LogP contribution in [-0.2, 0) is 9.59 Å². The van der Waals surface area contributed by atoms with Gasteiger partial charge in [0, 0.05) is 6.07 Å². The van der Waals surface area contributed by atoms with E-state index in [1.807, 2.05) is 0 Å². The lowest BCUT2D eigenvalue weighted by Crippen LogP contribution is -2.38. The predicted octanol–water partition coefficient (Wildman–Crippen LogP) is 1.85. The Balaban J connectivity index is 1.80. The summed E-state index contributed by atoms with van der Waals surface area (Å²) in [5.74, 6) is -1.89. The van der Waals surface area contributed by atoms with Crippen molar-refractivity contribution in [2.75, 3.05) is 26.1 Å². The first-order valence-electron chi connectivity index (χ1n) is 9.08. The summed E-state index contributed by atoms with van der Waals surface area (Å²) in [7, 11) is 2.64. The van der Waals surface area contributed by atoms with Gasteiger partial charge >= 0.3 is 11.7 Å². The molecule has 3 N–H and O–H groups in total. The second-order valence-electron chi connectivity index (χ2n) is 6.48. The Hall–Kier alpha value is -4.61. The average Bonchev–Trinajstić information content (AvgIpc) is 3.02. The highest BCUT2D eigenvalue weighted by molar-refractivity contribution is 6.16. The summed E-state index contributed by atoms with van der Waals surface area (Å²) in [6, 6.07) is 8.06. The minimum Gasteiger partial charge on any atom is -0.500 e. The Morgan fingerprint density at radius 1 is 1.22 bits per heavy atom. The molecule has 166 valence electrons. The lowest BCUT2D eigenvalue weighted by molar-refractivity contribution is -0.386. The van der Waals surface area contributed by atoms with Crippen molar-refractivity contribution in [1.82, 2.24) is 10.2 Å². The minimum absolute atomic E-state index is 0.121. The van der Waals surface area contributed by atoms with Crippen LogP contribution in [0.15, 0.2) is 42.1 Å². The van der Waals surface area contributed by atoms with Crippen molar-refractivity contribution in [1.29, 1.82) is 0 Å². The van der Waals surface area contributed by atoms with E-state index in [1.165, 1.54) is 26.4 Å². The quantitative estimate of drug-likeness (QED) is 0.253. The molecule has 3 rings (SSSR count). The summed E-state index contributed by atoms with van der Waals surface area (Å²) in [4.78, 5) is 48.2. The van der Waals surface area contributed by atoms with Crippen molar-refractivity contribution >= 4 is 35.3 Å². The fourth-order valence-electron chi connectivity index (χ4n) is 2.96. The molecule has 1 aliphatic rings. The first-order valence-corrected chi connectivity index (χ1v) is 9.08. The third-order valence-electron chi connectivity index (χ3n) is 4.45. The van der Waals surface area contributed by atoms with E-state index in [1.54, 1.807) is 24.3 Å². The number of benzene rings is 2. The number of anilines is 1. The number of amides is 4. The van der Waals surface area contributed by atoms with Crippen LogP contribution in [0.2, 0.25) is 0 Å².